The van der Waals surface area contributed by atoms with E-state index in [1.165, 1.54) is 4.90 Å². The lowest BCUT2D eigenvalue weighted by molar-refractivity contribution is -0.143. The van der Waals surface area contributed by atoms with E-state index in [1.54, 1.807) is 24.3 Å². The molecule has 5 nitrogen and oxygen atoms in total. The van der Waals surface area contributed by atoms with Crippen LogP contribution in [0.5, 0.6) is 0 Å². The lowest BCUT2D eigenvalue weighted by Gasteiger charge is -2.34. The third-order valence-corrected chi connectivity index (χ3v) is 5.63. The number of hydrogen-bond donors (Lipinski definition) is 2. The first kappa shape index (κ1) is 28.4. The first-order valence-electron chi connectivity index (χ1n) is 10.5. The van der Waals surface area contributed by atoms with Crippen LogP contribution in [-0.4, -0.2) is 47.1 Å². The third-order valence-electron chi connectivity index (χ3n) is 5.63. The van der Waals surface area contributed by atoms with Gasteiger partial charge < -0.3 is 15.3 Å². The van der Waals surface area contributed by atoms with Gasteiger partial charge in [0, 0.05) is 24.7 Å². The highest BCUT2D eigenvalue weighted by Crippen LogP contribution is 2.36. The molecule has 0 saturated carbocycles. The van der Waals surface area contributed by atoms with E-state index in [0.29, 0.717) is 25.0 Å². The van der Waals surface area contributed by atoms with Crippen LogP contribution < -0.4 is 5.32 Å². The number of carbonyl (C=O) groups is 2. The Balaban J connectivity index is 0.00000432. The quantitative estimate of drug-likeness (QED) is 0.520. The average molecular weight is 525 g/mol. The minimum absolute atomic E-state index is 0. The Morgan fingerprint density at radius 3 is 1.91 bits per heavy atom. The second-order valence-corrected chi connectivity index (χ2v) is 8.11. The Bertz CT molecular complexity index is 990. The summed E-state index contributed by atoms with van der Waals surface area (Å²) in [4.78, 5) is 25.5. The highest BCUT2D eigenvalue weighted by molar-refractivity contribution is 5.94. The lowest BCUT2D eigenvalue weighted by Crippen LogP contribution is -2.50. The van der Waals surface area contributed by atoms with Gasteiger partial charge in [-0.2, -0.15) is 26.3 Å². The van der Waals surface area contributed by atoms with Crippen molar-refractivity contribution in [3.8, 4) is 0 Å². The summed E-state index contributed by atoms with van der Waals surface area (Å²) >= 11 is 0. The lowest BCUT2D eigenvalue weighted by atomic mass is 9.99. The fourth-order valence-corrected chi connectivity index (χ4v) is 3.86. The Labute approximate surface area is 203 Å². The number of aliphatic carboxylic acids is 1. The maximum absolute atomic E-state index is 13.1. The van der Waals surface area contributed by atoms with Gasteiger partial charge in [0.1, 0.15) is 6.04 Å². The number of piperidine rings is 1. The molecule has 0 aliphatic carbocycles. The van der Waals surface area contributed by atoms with Gasteiger partial charge >= 0.3 is 18.3 Å². The van der Waals surface area contributed by atoms with Crippen LogP contribution in [0.4, 0.5) is 26.3 Å². The Morgan fingerprint density at radius 2 is 1.46 bits per heavy atom. The van der Waals surface area contributed by atoms with Gasteiger partial charge in [0.2, 0.25) is 0 Å². The number of halogens is 7. The van der Waals surface area contributed by atoms with E-state index in [1.807, 2.05) is 6.07 Å². The molecule has 3 rings (SSSR count). The molecule has 2 aromatic carbocycles. The van der Waals surface area contributed by atoms with Crippen molar-refractivity contribution in [2.75, 3.05) is 13.1 Å². The van der Waals surface area contributed by atoms with Crippen molar-refractivity contribution < 1.29 is 41.0 Å². The van der Waals surface area contributed by atoms with Crippen LogP contribution in [0.15, 0.2) is 48.5 Å². The summed E-state index contributed by atoms with van der Waals surface area (Å²) in [5.41, 5.74) is -2.97. The number of hydrogen-bond acceptors (Lipinski definition) is 3. The number of carboxylic acid groups (broad SMARTS) is 1. The number of carboxylic acids is 1. The average Bonchev–Trinajstić information content (AvgIpc) is 2.78. The van der Waals surface area contributed by atoms with Crippen LogP contribution in [0.1, 0.15) is 39.9 Å². The molecule has 1 atom stereocenters. The second-order valence-electron chi connectivity index (χ2n) is 8.11. The summed E-state index contributed by atoms with van der Waals surface area (Å²) in [7, 11) is 0. The standard InChI is InChI=1S/C23H22F6N2O3.ClH/c24-22(25,26)16-11-15(12-17(13-16)23(27,28)29)20(32)31-8-6-18(7-9-31)30-19(21(33)34)10-14-4-2-1-3-5-14;/h1-5,11-13,18-19,30H,6-10H2,(H,33,34);1H. The number of rotatable bonds is 6. The third kappa shape index (κ3) is 7.60. The summed E-state index contributed by atoms with van der Waals surface area (Å²) in [6.07, 6.45) is -9.25. The summed E-state index contributed by atoms with van der Waals surface area (Å²) in [6, 6.07) is 8.63. The molecule has 2 aromatic rings. The largest absolute Gasteiger partial charge is 0.480 e. The first-order valence-corrected chi connectivity index (χ1v) is 10.5. The van der Waals surface area contributed by atoms with Gasteiger partial charge in [0.25, 0.3) is 5.91 Å². The molecule has 0 spiro atoms. The van der Waals surface area contributed by atoms with Crippen LogP contribution in [0.3, 0.4) is 0 Å². The first-order chi connectivity index (χ1) is 15.8. The van der Waals surface area contributed by atoms with E-state index in [2.05, 4.69) is 5.32 Å². The Morgan fingerprint density at radius 1 is 0.943 bits per heavy atom. The van der Waals surface area contributed by atoms with Crippen molar-refractivity contribution in [3.63, 3.8) is 0 Å². The number of likely N-dealkylation sites (tertiary alicyclic amines) is 1. The van der Waals surface area contributed by atoms with E-state index in [4.69, 9.17) is 0 Å². The molecular formula is C23H23ClF6N2O3. The molecule has 12 heteroatoms. The zero-order valence-corrected chi connectivity index (χ0v) is 19.0. The molecule has 1 aliphatic rings. The van der Waals surface area contributed by atoms with E-state index in [0.717, 1.165) is 5.56 Å². The highest BCUT2D eigenvalue weighted by atomic mass is 35.5. The number of nitrogens with zero attached hydrogens (tertiary/aromatic N) is 1. The van der Waals surface area contributed by atoms with Crippen molar-refractivity contribution in [1.29, 1.82) is 0 Å². The molecular weight excluding hydrogens is 502 g/mol. The van der Waals surface area contributed by atoms with Crippen molar-refractivity contribution in [1.82, 2.24) is 10.2 Å². The predicted octanol–water partition coefficient (Wildman–Crippen LogP) is 5.04. The maximum Gasteiger partial charge on any atom is 0.416 e. The van der Waals surface area contributed by atoms with Gasteiger partial charge in [-0.05, 0) is 43.0 Å². The van der Waals surface area contributed by atoms with E-state index in [9.17, 15) is 41.0 Å². The molecule has 2 N–H and O–H groups in total. The van der Waals surface area contributed by atoms with Gasteiger partial charge in [-0.1, -0.05) is 30.3 Å². The zero-order chi connectivity index (χ0) is 25.1. The van der Waals surface area contributed by atoms with E-state index >= 15 is 0 Å². The highest BCUT2D eigenvalue weighted by Gasteiger charge is 2.38. The fourth-order valence-electron chi connectivity index (χ4n) is 3.86. The molecule has 1 heterocycles. The minimum Gasteiger partial charge on any atom is -0.480 e. The van der Waals surface area contributed by atoms with Gasteiger partial charge in [-0.25, -0.2) is 0 Å². The molecule has 1 saturated heterocycles. The molecule has 0 bridgehead atoms. The SMILES string of the molecule is Cl.O=C(O)C(Cc1ccccc1)NC1CCN(C(=O)c2cc(C(F)(F)F)cc(C(F)(F)F)c2)CC1. The fraction of sp³-hybridized carbons (Fsp3) is 0.391. The summed E-state index contributed by atoms with van der Waals surface area (Å²) in [5, 5.41) is 12.6. The molecule has 1 amide bonds. The van der Waals surface area contributed by atoms with Crippen LogP contribution in [0.25, 0.3) is 0 Å². The number of nitrogens with one attached hydrogen (secondary N) is 1. The summed E-state index contributed by atoms with van der Waals surface area (Å²) < 4.78 is 78.5. The minimum atomic E-state index is -5.04. The van der Waals surface area contributed by atoms with Gasteiger partial charge in [-0.3, -0.25) is 9.59 Å². The van der Waals surface area contributed by atoms with Crippen LogP contribution in [0.2, 0.25) is 0 Å². The maximum atomic E-state index is 13.1. The van der Waals surface area contributed by atoms with Crippen LogP contribution >= 0.6 is 12.4 Å². The molecule has 1 fully saturated rings. The monoisotopic (exact) mass is 524 g/mol. The van der Waals surface area contributed by atoms with Crippen LogP contribution in [-0.2, 0) is 23.6 Å². The number of amides is 1. The van der Waals surface area contributed by atoms with Crippen molar-refractivity contribution in [2.45, 2.75) is 43.7 Å². The second kappa shape index (κ2) is 11.3. The summed E-state index contributed by atoms with van der Waals surface area (Å²) in [6.45, 7) is 0.123. The Kier molecular flexibility index (Phi) is 9.18. The normalized spacial score (nSPS) is 15.9. The topological polar surface area (TPSA) is 69.6 Å². The van der Waals surface area contributed by atoms with E-state index in [-0.39, 0.29) is 44.0 Å². The van der Waals surface area contributed by atoms with Crippen molar-refractivity contribution in [2.24, 2.45) is 0 Å². The number of alkyl halides is 6. The number of carbonyl (C=O) groups excluding carboxylic acids is 1. The van der Waals surface area contributed by atoms with Crippen molar-refractivity contribution >= 4 is 24.3 Å². The van der Waals surface area contributed by atoms with Gasteiger partial charge in [0.15, 0.2) is 0 Å². The summed E-state index contributed by atoms with van der Waals surface area (Å²) in [5.74, 6) is -1.99. The smallest absolute Gasteiger partial charge is 0.416 e. The number of benzene rings is 2. The van der Waals surface area contributed by atoms with E-state index < -0.39 is 47.0 Å². The molecule has 192 valence electrons. The predicted molar refractivity (Wildman–Crippen MR) is 117 cm³/mol. The van der Waals surface area contributed by atoms with Crippen molar-refractivity contribution in [3.05, 3.63) is 70.8 Å². The van der Waals surface area contributed by atoms with Gasteiger partial charge in [-0.15, -0.1) is 12.4 Å². The molecule has 0 aromatic heterocycles. The van der Waals surface area contributed by atoms with Crippen LogP contribution in [0, 0.1) is 0 Å². The molecule has 35 heavy (non-hydrogen) atoms. The molecule has 1 aliphatic heterocycles. The Hall–Kier alpha value is -2.79. The van der Waals surface area contributed by atoms with Gasteiger partial charge in [0.05, 0.1) is 11.1 Å². The molecule has 0 radical (unpaired) electrons. The zero-order valence-electron chi connectivity index (χ0n) is 18.2. The molecule has 1 unspecified atom stereocenters.